The molecule has 0 bridgehead atoms. The molecular formula is C17H17FN4S2. The molecule has 1 heterocycles. The maximum absolute atomic E-state index is 13.3. The van der Waals surface area contributed by atoms with E-state index in [0.717, 1.165) is 17.1 Å². The number of nitrogens with two attached hydrogens (primary N) is 1. The topological polar surface area (TPSA) is 86.0 Å². The summed E-state index contributed by atoms with van der Waals surface area (Å²) in [6.07, 6.45) is 0. The molecule has 1 fully saturated rings. The standard InChI is InChI=1S/C17H17FN4S2/c1-3-23-17(24-4-2)16(10-20)13(11-5-7-12(18)8-6-11)15(16,9-19)14(21)22-17/h5-8,13H,3-4H2,1-2H3,(H2,21,22)/t13-,15-,16-/m1/s1. The van der Waals surface area contributed by atoms with Crippen molar-refractivity contribution in [3.8, 4) is 12.1 Å². The Labute approximate surface area is 149 Å². The van der Waals surface area contributed by atoms with Crippen LogP contribution in [0.15, 0.2) is 29.3 Å². The zero-order chi connectivity index (χ0) is 17.6. The van der Waals surface area contributed by atoms with Gasteiger partial charge in [-0.05, 0) is 29.2 Å². The number of amidine groups is 1. The second kappa shape index (κ2) is 5.68. The first-order valence-electron chi connectivity index (χ1n) is 7.71. The predicted molar refractivity (Wildman–Crippen MR) is 95.9 cm³/mol. The molecule has 0 amide bonds. The fourth-order valence-electron chi connectivity index (χ4n) is 3.90. The molecule has 0 saturated heterocycles. The van der Waals surface area contributed by atoms with E-state index in [1.807, 2.05) is 13.8 Å². The van der Waals surface area contributed by atoms with E-state index in [0.29, 0.717) is 0 Å². The van der Waals surface area contributed by atoms with Crippen molar-refractivity contribution in [3.63, 3.8) is 0 Å². The maximum atomic E-state index is 13.3. The summed E-state index contributed by atoms with van der Waals surface area (Å²) in [4.78, 5) is 4.61. The molecule has 1 aromatic carbocycles. The molecule has 1 aliphatic carbocycles. The largest absolute Gasteiger partial charge is 0.386 e. The smallest absolute Gasteiger partial charge is 0.175 e. The van der Waals surface area contributed by atoms with Crippen LogP contribution in [0.2, 0.25) is 0 Å². The van der Waals surface area contributed by atoms with Crippen molar-refractivity contribution in [1.29, 1.82) is 10.5 Å². The van der Waals surface area contributed by atoms with E-state index in [1.165, 1.54) is 12.1 Å². The van der Waals surface area contributed by atoms with Gasteiger partial charge in [-0.25, -0.2) is 9.38 Å². The van der Waals surface area contributed by atoms with Gasteiger partial charge in [0.05, 0.1) is 12.1 Å². The highest BCUT2D eigenvalue weighted by Gasteiger charge is 2.91. The van der Waals surface area contributed by atoms with Crippen LogP contribution in [-0.4, -0.2) is 21.5 Å². The number of benzene rings is 1. The number of aliphatic imine (C=N–C) groups is 1. The van der Waals surface area contributed by atoms with Crippen molar-refractivity contribution >= 4 is 29.4 Å². The van der Waals surface area contributed by atoms with E-state index < -0.39 is 21.0 Å². The summed E-state index contributed by atoms with van der Waals surface area (Å²) in [5.41, 5.74) is 4.79. The molecule has 0 spiro atoms. The third-order valence-electron chi connectivity index (χ3n) is 4.81. The first kappa shape index (κ1) is 17.1. The highest BCUT2D eigenvalue weighted by atomic mass is 32.2. The van der Waals surface area contributed by atoms with Gasteiger partial charge in [-0.2, -0.15) is 10.5 Å². The Morgan fingerprint density at radius 2 is 1.75 bits per heavy atom. The third-order valence-corrected chi connectivity index (χ3v) is 7.70. The van der Waals surface area contributed by atoms with Crippen LogP contribution < -0.4 is 5.73 Å². The quantitative estimate of drug-likeness (QED) is 0.813. The average molecular weight is 360 g/mol. The van der Waals surface area contributed by atoms with E-state index >= 15 is 0 Å². The number of hydrogen-bond donors (Lipinski definition) is 1. The summed E-state index contributed by atoms with van der Waals surface area (Å²) in [5, 5.41) is 20.1. The molecule has 124 valence electrons. The van der Waals surface area contributed by atoms with Crippen LogP contribution in [0.5, 0.6) is 0 Å². The van der Waals surface area contributed by atoms with Gasteiger partial charge in [0.25, 0.3) is 0 Å². The van der Waals surface area contributed by atoms with Crippen LogP contribution in [0.4, 0.5) is 4.39 Å². The van der Waals surface area contributed by atoms with Gasteiger partial charge in [-0.15, -0.1) is 23.5 Å². The van der Waals surface area contributed by atoms with Gasteiger partial charge in [0.2, 0.25) is 0 Å². The first-order chi connectivity index (χ1) is 11.5. The maximum Gasteiger partial charge on any atom is 0.175 e. The van der Waals surface area contributed by atoms with Gasteiger partial charge in [-0.1, -0.05) is 26.0 Å². The van der Waals surface area contributed by atoms with Crippen molar-refractivity contribution in [2.75, 3.05) is 11.5 Å². The van der Waals surface area contributed by atoms with Crippen molar-refractivity contribution in [3.05, 3.63) is 35.6 Å². The van der Waals surface area contributed by atoms with Crippen molar-refractivity contribution in [1.82, 2.24) is 0 Å². The number of rotatable bonds is 5. The van der Waals surface area contributed by atoms with Crippen molar-refractivity contribution < 1.29 is 4.39 Å². The Bertz CT molecular complexity index is 773. The molecule has 1 aromatic rings. The number of fused-ring (bicyclic) bond motifs is 1. The lowest BCUT2D eigenvalue weighted by atomic mass is 9.97. The molecule has 2 aliphatic rings. The Kier molecular flexibility index (Phi) is 4.06. The van der Waals surface area contributed by atoms with Gasteiger partial charge in [-0.3, -0.25) is 0 Å². The molecule has 4 nitrogen and oxygen atoms in total. The molecule has 0 aromatic heterocycles. The second-order valence-electron chi connectivity index (χ2n) is 5.77. The fourth-order valence-corrected chi connectivity index (χ4v) is 7.16. The summed E-state index contributed by atoms with van der Waals surface area (Å²) >= 11 is 3.10. The third kappa shape index (κ3) is 1.77. The Morgan fingerprint density at radius 1 is 1.17 bits per heavy atom. The van der Waals surface area contributed by atoms with E-state index in [4.69, 9.17) is 5.73 Å². The normalized spacial score (nSPS) is 32.4. The summed E-state index contributed by atoms with van der Waals surface area (Å²) in [7, 11) is 0. The van der Waals surface area contributed by atoms with Crippen LogP contribution in [-0.2, 0) is 0 Å². The summed E-state index contributed by atoms with van der Waals surface area (Å²) in [5.74, 6) is 0.995. The van der Waals surface area contributed by atoms with Crippen LogP contribution in [0.1, 0.15) is 25.3 Å². The van der Waals surface area contributed by atoms with E-state index in [2.05, 4.69) is 17.1 Å². The average Bonchev–Trinajstić information content (AvgIpc) is 3.15. The number of thioether (sulfide) groups is 2. The van der Waals surface area contributed by atoms with Crippen LogP contribution in [0.25, 0.3) is 0 Å². The molecule has 1 aliphatic heterocycles. The SMILES string of the molecule is CCSC1(SCC)N=C(N)[C@@]2(C#N)[C@@H](c3ccc(F)cc3)[C@@]12C#N. The summed E-state index contributed by atoms with van der Waals surface area (Å²) in [6.45, 7) is 4.00. The van der Waals surface area contributed by atoms with Crippen LogP contribution >= 0.6 is 23.5 Å². The highest BCUT2D eigenvalue weighted by molar-refractivity contribution is 8.18. The minimum atomic E-state index is -1.14. The zero-order valence-corrected chi connectivity index (χ0v) is 15.0. The molecule has 3 atom stereocenters. The molecule has 0 unspecified atom stereocenters. The van der Waals surface area contributed by atoms with Gasteiger partial charge >= 0.3 is 0 Å². The summed E-state index contributed by atoms with van der Waals surface area (Å²) in [6, 6.07) is 10.7. The highest BCUT2D eigenvalue weighted by Crippen LogP contribution is 2.85. The minimum absolute atomic E-state index is 0.225. The number of nitrogens with zero attached hydrogens (tertiary/aromatic N) is 3. The van der Waals surface area contributed by atoms with Crippen molar-refractivity contribution in [2.45, 2.75) is 24.0 Å². The lowest BCUT2D eigenvalue weighted by Gasteiger charge is -2.31. The Balaban J connectivity index is 2.21. The molecule has 24 heavy (non-hydrogen) atoms. The zero-order valence-electron chi connectivity index (χ0n) is 13.4. The predicted octanol–water partition coefficient (Wildman–Crippen LogP) is 3.47. The molecule has 2 N–H and O–H groups in total. The second-order valence-corrected chi connectivity index (χ2v) is 8.94. The van der Waals surface area contributed by atoms with Crippen molar-refractivity contribution in [2.24, 2.45) is 21.6 Å². The number of hydrogen-bond acceptors (Lipinski definition) is 6. The molecule has 7 heteroatoms. The first-order valence-corrected chi connectivity index (χ1v) is 9.68. The molecular weight excluding hydrogens is 343 g/mol. The molecule has 0 radical (unpaired) electrons. The van der Waals surface area contributed by atoms with E-state index in [1.54, 1.807) is 35.7 Å². The Morgan fingerprint density at radius 3 is 2.21 bits per heavy atom. The summed E-state index contributed by atoms with van der Waals surface area (Å²) < 4.78 is 12.5. The van der Waals surface area contributed by atoms with Crippen LogP contribution in [0, 0.1) is 39.3 Å². The molecule has 3 rings (SSSR count). The number of nitriles is 2. The van der Waals surface area contributed by atoms with Gasteiger partial charge in [0, 0.05) is 5.92 Å². The van der Waals surface area contributed by atoms with Gasteiger partial charge < -0.3 is 5.73 Å². The van der Waals surface area contributed by atoms with E-state index in [9.17, 15) is 14.9 Å². The minimum Gasteiger partial charge on any atom is -0.386 e. The van der Waals surface area contributed by atoms with Gasteiger partial charge in [0.1, 0.15) is 22.5 Å². The fraction of sp³-hybridized carbons (Fsp3) is 0.471. The van der Waals surface area contributed by atoms with Gasteiger partial charge in [0.15, 0.2) is 4.20 Å². The lowest BCUT2D eigenvalue weighted by molar-refractivity contribution is 0.563. The van der Waals surface area contributed by atoms with Crippen LogP contribution in [0.3, 0.4) is 0 Å². The Hall–Kier alpha value is -1.70. The number of halogens is 1. The molecule has 1 saturated carbocycles. The van der Waals surface area contributed by atoms with E-state index in [-0.39, 0.29) is 11.7 Å². The monoisotopic (exact) mass is 360 g/mol. The lowest BCUT2D eigenvalue weighted by Crippen LogP contribution is -2.31.